The maximum atomic E-state index is 12.6. The summed E-state index contributed by atoms with van der Waals surface area (Å²) in [5.74, 6) is 1.02. The van der Waals surface area contributed by atoms with Crippen LogP contribution in [0.4, 0.5) is 0 Å². The van der Waals surface area contributed by atoms with E-state index in [1.165, 1.54) is 37.7 Å². The van der Waals surface area contributed by atoms with Gasteiger partial charge in [-0.1, -0.05) is 37.3 Å². The van der Waals surface area contributed by atoms with Crippen molar-refractivity contribution in [3.63, 3.8) is 0 Å². The second-order valence-electron chi connectivity index (χ2n) is 7.38. The average Bonchev–Trinajstić information content (AvgIpc) is 3.01. The van der Waals surface area contributed by atoms with E-state index in [4.69, 9.17) is 0 Å². The fourth-order valence-corrected chi connectivity index (χ4v) is 4.10. The molecule has 2 heterocycles. The van der Waals surface area contributed by atoms with E-state index in [1.807, 2.05) is 0 Å². The van der Waals surface area contributed by atoms with Crippen LogP contribution in [-0.4, -0.2) is 47.9 Å². The molecule has 1 aromatic carbocycles. The van der Waals surface area contributed by atoms with Crippen LogP contribution in [0.25, 0.3) is 0 Å². The molecule has 3 rings (SSSR count). The van der Waals surface area contributed by atoms with Gasteiger partial charge < -0.3 is 4.90 Å². The Bertz CT molecular complexity index is 502. The zero-order valence-corrected chi connectivity index (χ0v) is 14.4. The van der Waals surface area contributed by atoms with Gasteiger partial charge in [0.1, 0.15) is 0 Å². The summed E-state index contributed by atoms with van der Waals surface area (Å²) < 4.78 is 0. The number of amides is 1. The Labute approximate surface area is 140 Å². The molecule has 2 fully saturated rings. The van der Waals surface area contributed by atoms with E-state index < -0.39 is 0 Å². The molecule has 2 atom stereocenters. The lowest BCUT2D eigenvalue weighted by molar-refractivity contribution is -0.134. The van der Waals surface area contributed by atoms with Crippen molar-refractivity contribution in [3.8, 4) is 0 Å². The molecule has 2 aliphatic heterocycles. The van der Waals surface area contributed by atoms with E-state index in [0.717, 1.165) is 26.1 Å². The highest BCUT2D eigenvalue weighted by Crippen LogP contribution is 2.23. The number of carbonyl (C=O) groups excluding carboxylic acids is 1. The molecule has 0 saturated carbocycles. The van der Waals surface area contributed by atoms with Gasteiger partial charge in [0.05, 0.1) is 6.54 Å². The molecule has 0 N–H and O–H groups in total. The van der Waals surface area contributed by atoms with Gasteiger partial charge in [-0.3, -0.25) is 9.69 Å². The van der Waals surface area contributed by atoms with Crippen molar-refractivity contribution in [1.29, 1.82) is 0 Å². The van der Waals surface area contributed by atoms with Crippen molar-refractivity contribution >= 4 is 5.91 Å². The van der Waals surface area contributed by atoms with Crippen LogP contribution in [0.5, 0.6) is 0 Å². The van der Waals surface area contributed by atoms with Crippen molar-refractivity contribution in [2.24, 2.45) is 5.92 Å². The molecule has 2 unspecified atom stereocenters. The number of likely N-dealkylation sites (tertiary alicyclic amines) is 2. The summed E-state index contributed by atoms with van der Waals surface area (Å²) in [4.78, 5) is 17.1. The fourth-order valence-electron chi connectivity index (χ4n) is 4.10. The van der Waals surface area contributed by atoms with Gasteiger partial charge in [-0.15, -0.1) is 0 Å². The molecule has 1 aromatic rings. The van der Waals surface area contributed by atoms with Crippen LogP contribution in [0.3, 0.4) is 0 Å². The molecule has 3 nitrogen and oxygen atoms in total. The van der Waals surface area contributed by atoms with Gasteiger partial charge in [0.2, 0.25) is 5.91 Å². The normalized spacial score (nSPS) is 25.7. The second-order valence-corrected chi connectivity index (χ2v) is 7.38. The highest BCUT2D eigenvalue weighted by atomic mass is 16.2. The second kappa shape index (κ2) is 7.96. The molecule has 1 amide bonds. The minimum Gasteiger partial charge on any atom is -0.341 e. The SMILES string of the molecule is CC1CCCN(C(=O)CN2CCCC2CCc2ccccc2)C1. The summed E-state index contributed by atoms with van der Waals surface area (Å²) in [5.41, 5.74) is 1.41. The highest BCUT2D eigenvalue weighted by Gasteiger charge is 2.28. The summed E-state index contributed by atoms with van der Waals surface area (Å²) >= 11 is 0. The van der Waals surface area contributed by atoms with Crippen LogP contribution in [0, 0.1) is 5.92 Å². The lowest BCUT2D eigenvalue weighted by Crippen LogP contribution is -2.45. The summed E-state index contributed by atoms with van der Waals surface area (Å²) in [6.45, 7) is 5.91. The van der Waals surface area contributed by atoms with Crippen molar-refractivity contribution < 1.29 is 4.79 Å². The Hall–Kier alpha value is -1.35. The third-order valence-electron chi connectivity index (χ3n) is 5.46. The van der Waals surface area contributed by atoms with Crippen LogP contribution in [0.2, 0.25) is 0 Å². The third kappa shape index (κ3) is 4.57. The Kier molecular flexibility index (Phi) is 5.71. The van der Waals surface area contributed by atoms with Gasteiger partial charge in [-0.2, -0.15) is 0 Å². The molecule has 2 aliphatic rings. The molecule has 126 valence electrons. The topological polar surface area (TPSA) is 23.6 Å². The Morgan fingerprint density at radius 1 is 1.13 bits per heavy atom. The van der Waals surface area contributed by atoms with Crippen LogP contribution in [0.15, 0.2) is 30.3 Å². The summed E-state index contributed by atoms with van der Waals surface area (Å²) in [6.07, 6.45) is 7.22. The van der Waals surface area contributed by atoms with Gasteiger partial charge in [-0.25, -0.2) is 0 Å². The first-order chi connectivity index (χ1) is 11.2. The number of hydrogen-bond acceptors (Lipinski definition) is 2. The largest absolute Gasteiger partial charge is 0.341 e. The number of piperidine rings is 1. The Morgan fingerprint density at radius 2 is 1.91 bits per heavy atom. The van der Waals surface area contributed by atoms with Crippen molar-refractivity contribution in [2.75, 3.05) is 26.2 Å². The molecule has 23 heavy (non-hydrogen) atoms. The van der Waals surface area contributed by atoms with E-state index in [2.05, 4.69) is 47.1 Å². The summed E-state index contributed by atoms with van der Waals surface area (Å²) in [5, 5.41) is 0. The van der Waals surface area contributed by atoms with Gasteiger partial charge in [0.25, 0.3) is 0 Å². The summed E-state index contributed by atoms with van der Waals surface area (Å²) in [6, 6.07) is 11.3. The maximum Gasteiger partial charge on any atom is 0.236 e. The molecule has 3 heteroatoms. The summed E-state index contributed by atoms with van der Waals surface area (Å²) in [7, 11) is 0. The minimum atomic E-state index is 0.350. The zero-order chi connectivity index (χ0) is 16.1. The predicted octanol–water partition coefficient (Wildman–Crippen LogP) is 3.34. The first-order valence-electron chi connectivity index (χ1n) is 9.28. The van der Waals surface area contributed by atoms with Gasteiger partial charge in [0.15, 0.2) is 0 Å². The monoisotopic (exact) mass is 314 g/mol. The molecular formula is C20H30N2O. The number of nitrogens with zero attached hydrogens (tertiary/aromatic N) is 2. The van der Waals surface area contributed by atoms with Crippen molar-refractivity contribution in [2.45, 2.75) is 51.5 Å². The lowest BCUT2D eigenvalue weighted by Gasteiger charge is -2.33. The maximum absolute atomic E-state index is 12.6. The van der Waals surface area contributed by atoms with Crippen LogP contribution in [0.1, 0.15) is 44.6 Å². The predicted molar refractivity (Wildman–Crippen MR) is 94.3 cm³/mol. The Morgan fingerprint density at radius 3 is 2.70 bits per heavy atom. The molecule has 0 spiro atoms. The molecule has 0 bridgehead atoms. The smallest absolute Gasteiger partial charge is 0.236 e. The molecule has 0 radical (unpaired) electrons. The number of aryl methyl sites for hydroxylation is 1. The van der Waals surface area contributed by atoms with Gasteiger partial charge >= 0.3 is 0 Å². The van der Waals surface area contributed by atoms with E-state index >= 15 is 0 Å². The van der Waals surface area contributed by atoms with Crippen molar-refractivity contribution in [1.82, 2.24) is 9.80 Å². The lowest BCUT2D eigenvalue weighted by atomic mass is 10.0. The number of rotatable bonds is 5. The standard InChI is InChI=1S/C20H30N2O/c1-17-7-5-14-22(15-17)20(23)16-21-13-6-10-19(21)12-11-18-8-3-2-4-9-18/h2-4,8-9,17,19H,5-7,10-16H2,1H3. The first-order valence-corrected chi connectivity index (χ1v) is 9.28. The van der Waals surface area contributed by atoms with Gasteiger partial charge in [0, 0.05) is 19.1 Å². The number of hydrogen-bond donors (Lipinski definition) is 0. The zero-order valence-electron chi connectivity index (χ0n) is 14.4. The molecular weight excluding hydrogens is 284 g/mol. The van der Waals surface area contributed by atoms with E-state index in [9.17, 15) is 4.79 Å². The van der Waals surface area contributed by atoms with Crippen LogP contribution < -0.4 is 0 Å². The van der Waals surface area contributed by atoms with Crippen LogP contribution >= 0.6 is 0 Å². The third-order valence-corrected chi connectivity index (χ3v) is 5.46. The quantitative estimate of drug-likeness (QED) is 0.832. The van der Waals surface area contributed by atoms with Gasteiger partial charge in [-0.05, 0) is 56.6 Å². The number of benzene rings is 1. The van der Waals surface area contributed by atoms with E-state index in [0.29, 0.717) is 24.4 Å². The average molecular weight is 314 g/mol. The van der Waals surface area contributed by atoms with E-state index in [1.54, 1.807) is 0 Å². The number of carbonyl (C=O) groups is 1. The fraction of sp³-hybridized carbons (Fsp3) is 0.650. The van der Waals surface area contributed by atoms with Crippen molar-refractivity contribution in [3.05, 3.63) is 35.9 Å². The first kappa shape index (κ1) is 16.5. The Balaban J connectivity index is 1.49. The molecule has 0 aliphatic carbocycles. The highest BCUT2D eigenvalue weighted by molar-refractivity contribution is 5.78. The van der Waals surface area contributed by atoms with E-state index in [-0.39, 0.29) is 0 Å². The minimum absolute atomic E-state index is 0.350. The molecule has 2 saturated heterocycles. The molecule has 0 aromatic heterocycles. The van der Waals surface area contributed by atoms with Crippen LogP contribution in [-0.2, 0) is 11.2 Å².